The summed E-state index contributed by atoms with van der Waals surface area (Å²) in [6.45, 7) is 8.81. The van der Waals surface area contributed by atoms with E-state index in [0.29, 0.717) is 0 Å². The normalized spacial score (nSPS) is 14.6. The fourth-order valence-electron chi connectivity index (χ4n) is 1.79. The van der Waals surface area contributed by atoms with Gasteiger partial charge >= 0.3 is 5.97 Å². The summed E-state index contributed by atoms with van der Waals surface area (Å²) < 4.78 is 5.25. The third kappa shape index (κ3) is 4.51. The lowest BCUT2D eigenvalue weighted by Crippen LogP contribution is -2.32. The van der Waals surface area contributed by atoms with Crippen LogP contribution >= 0.6 is 0 Å². The lowest BCUT2D eigenvalue weighted by molar-refractivity contribution is -0.161. The van der Waals surface area contributed by atoms with E-state index in [9.17, 15) is 9.59 Å². The van der Waals surface area contributed by atoms with E-state index in [-0.39, 0.29) is 11.7 Å². The number of esters is 1. The van der Waals surface area contributed by atoms with Crippen LogP contribution in [0.5, 0.6) is 0 Å². The Balaban J connectivity index is 2.75. The summed E-state index contributed by atoms with van der Waals surface area (Å²) in [5, 5.41) is 0. The molecule has 0 amide bonds. The molecule has 1 aromatic rings. The smallest absolute Gasteiger partial charge is 0.316 e. The lowest BCUT2D eigenvalue weighted by atomic mass is 9.89. The summed E-state index contributed by atoms with van der Waals surface area (Å²) in [4.78, 5) is 24.2. The molecule has 0 aromatic heterocycles. The Morgan fingerprint density at radius 2 is 1.58 bits per heavy atom. The third-order valence-corrected chi connectivity index (χ3v) is 2.91. The standard InChI is InChI=1S/C16H22O3/c1-11(13-9-7-6-8-10-13)14(17)12(2)15(18)19-16(3,4)5/h6-12H,1-5H3. The van der Waals surface area contributed by atoms with Crippen LogP contribution in [0.3, 0.4) is 0 Å². The van der Waals surface area contributed by atoms with Crippen molar-refractivity contribution in [2.45, 2.75) is 46.1 Å². The van der Waals surface area contributed by atoms with Crippen molar-refractivity contribution in [2.75, 3.05) is 0 Å². The Hall–Kier alpha value is -1.64. The van der Waals surface area contributed by atoms with Crippen molar-refractivity contribution < 1.29 is 14.3 Å². The van der Waals surface area contributed by atoms with Gasteiger partial charge < -0.3 is 4.74 Å². The Bertz CT molecular complexity index is 443. The highest BCUT2D eigenvalue weighted by molar-refractivity contribution is 6.01. The largest absolute Gasteiger partial charge is 0.459 e. The van der Waals surface area contributed by atoms with Gasteiger partial charge in [0.15, 0.2) is 5.78 Å². The molecule has 19 heavy (non-hydrogen) atoms. The van der Waals surface area contributed by atoms with Crippen molar-refractivity contribution in [3.63, 3.8) is 0 Å². The average molecular weight is 262 g/mol. The fourth-order valence-corrected chi connectivity index (χ4v) is 1.79. The van der Waals surface area contributed by atoms with Crippen molar-refractivity contribution in [3.05, 3.63) is 35.9 Å². The van der Waals surface area contributed by atoms with Gasteiger partial charge in [0.05, 0.1) is 0 Å². The summed E-state index contributed by atoms with van der Waals surface area (Å²) in [7, 11) is 0. The van der Waals surface area contributed by atoms with E-state index in [4.69, 9.17) is 4.74 Å². The van der Waals surface area contributed by atoms with Gasteiger partial charge in [-0.15, -0.1) is 0 Å². The van der Waals surface area contributed by atoms with Crippen LogP contribution in [0.15, 0.2) is 30.3 Å². The highest BCUT2D eigenvalue weighted by Crippen LogP contribution is 2.21. The predicted octanol–water partition coefficient (Wildman–Crippen LogP) is 3.34. The molecule has 1 aromatic carbocycles. The van der Waals surface area contributed by atoms with E-state index in [1.807, 2.05) is 37.3 Å². The van der Waals surface area contributed by atoms with E-state index < -0.39 is 17.5 Å². The van der Waals surface area contributed by atoms with Crippen LogP contribution < -0.4 is 0 Å². The minimum absolute atomic E-state index is 0.111. The molecule has 2 atom stereocenters. The quantitative estimate of drug-likeness (QED) is 0.617. The topological polar surface area (TPSA) is 43.4 Å². The van der Waals surface area contributed by atoms with Crippen LogP contribution in [0, 0.1) is 5.92 Å². The van der Waals surface area contributed by atoms with E-state index in [2.05, 4.69) is 0 Å². The Morgan fingerprint density at radius 1 is 1.05 bits per heavy atom. The van der Waals surface area contributed by atoms with Crippen LogP contribution in [0.4, 0.5) is 0 Å². The summed E-state index contributed by atoms with van der Waals surface area (Å²) in [6.07, 6.45) is 0. The molecule has 0 saturated carbocycles. The molecule has 0 aliphatic rings. The van der Waals surface area contributed by atoms with Crippen LogP contribution in [-0.2, 0) is 14.3 Å². The SMILES string of the molecule is CC(C(=O)OC(C)(C)C)C(=O)C(C)c1ccccc1. The molecule has 2 unspecified atom stereocenters. The second-order valence-corrected chi connectivity index (χ2v) is 5.79. The van der Waals surface area contributed by atoms with Crippen molar-refractivity contribution in [1.29, 1.82) is 0 Å². The van der Waals surface area contributed by atoms with Crippen LogP contribution in [0.2, 0.25) is 0 Å². The maximum Gasteiger partial charge on any atom is 0.316 e. The number of ether oxygens (including phenoxy) is 1. The van der Waals surface area contributed by atoms with E-state index in [1.54, 1.807) is 27.7 Å². The Morgan fingerprint density at radius 3 is 2.05 bits per heavy atom. The number of hydrogen-bond acceptors (Lipinski definition) is 3. The lowest BCUT2D eigenvalue weighted by Gasteiger charge is -2.23. The zero-order valence-corrected chi connectivity index (χ0v) is 12.3. The molecule has 104 valence electrons. The Kier molecular flexibility index (Phi) is 4.87. The van der Waals surface area contributed by atoms with E-state index in [0.717, 1.165) is 5.56 Å². The van der Waals surface area contributed by atoms with Gasteiger partial charge in [0.2, 0.25) is 0 Å². The highest BCUT2D eigenvalue weighted by atomic mass is 16.6. The molecular formula is C16H22O3. The van der Waals surface area contributed by atoms with Crippen LogP contribution in [-0.4, -0.2) is 17.4 Å². The molecule has 0 radical (unpaired) electrons. The molecular weight excluding hydrogens is 240 g/mol. The van der Waals surface area contributed by atoms with E-state index in [1.165, 1.54) is 0 Å². The number of Topliss-reactive ketones (excluding diaryl/α,β-unsaturated/α-hetero) is 1. The molecule has 0 saturated heterocycles. The molecule has 0 N–H and O–H groups in total. The first kappa shape index (κ1) is 15.4. The first-order chi connectivity index (χ1) is 8.72. The van der Waals surface area contributed by atoms with Gasteiger partial charge in [-0.25, -0.2) is 0 Å². The van der Waals surface area contributed by atoms with Crippen molar-refractivity contribution in [2.24, 2.45) is 5.92 Å². The van der Waals surface area contributed by atoms with Crippen molar-refractivity contribution >= 4 is 11.8 Å². The van der Waals surface area contributed by atoms with E-state index >= 15 is 0 Å². The number of benzene rings is 1. The third-order valence-electron chi connectivity index (χ3n) is 2.91. The molecule has 0 aliphatic carbocycles. The molecule has 0 bridgehead atoms. The molecule has 0 aliphatic heterocycles. The molecule has 0 spiro atoms. The zero-order valence-electron chi connectivity index (χ0n) is 12.3. The highest BCUT2D eigenvalue weighted by Gasteiger charge is 2.30. The molecule has 3 heteroatoms. The van der Waals surface area contributed by atoms with Crippen molar-refractivity contribution in [3.8, 4) is 0 Å². The van der Waals surface area contributed by atoms with Crippen LogP contribution in [0.25, 0.3) is 0 Å². The summed E-state index contributed by atoms with van der Waals surface area (Å²) in [5.41, 5.74) is 0.352. The maximum absolute atomic E-state index is 12.3. The monoisotopic (exact) mass is 262 g/mol. The second-order valence-electron chi connectivity index (χ2n) is 5.79. The zero-order chi connectivity index (χ0) is 14.6. The number of ketones is 1. The average Bonchev–Trinajstić information content (AvgIpc) is 2.35. The number of carbonyl (C=O) groups is 2. The minimum atomic E-state index is -0.741. The summed E-state index contributed by atoms with van der Waals surface area (Å²) in [6, 6.07) is 9.46. The molecule has 1 rings (SSSR count). The number of carbonyl (C=O) groups excluding carboxylic acids is 2. The predicted molar refractivity (Wildman–Crippen MR) is 74.9 cm³/mol. The van der Waals surface area contributed by atoms with Crippen molar-refractivity contribution in [1.82, 2.24) is 0 Å². The van der Waals surface area contributed by atoms with Gasteiger partial charge in [0.1, 0.15) is 11.5 Å². The maximum atomic E-state index is 12.3. The summed E-state index contributed by atoms with van der Waals surface area (Å²) >= 11 is 0. The van der Waals surface area contributed by atoms with Gasteiger partial charge in [0, 0.05) is 5.92 Å². The second kappa shape index (κ2) is 6.00. The number of hydrogen-bond donors (Lipinski definition) is 0. The van der Waals surface area contributed by atoms with Gasteiger partial charge in [0.25, 0.3) is 0 Å². The summed E-state index contributed by atoms with van der Waals surface area (Å²) in [5.74, 6) is -1.61. The molecule has 3 nitrogen and oxygen atoms in total. The van der Waals surface area contributed by atoms with Gasteiger partial charge in [-0.05, 0) is 33.3 Å². The fraction of sp³-hybridized carbons (Fsp3) is 0.500. The first-order valence-corrected chi connectivity index (χ1v) is 6.54. The van der Waals surface area contributed by atoms with Gasteiger partial charge in [-0.1, -0.05) is 37.3 Å². The van der Waals surface area contributed by atoms with Crippen LogP contribution in [0.1, 0.15) is 46.1 Å². The molecule has 0 fully saturated rings. The minimum Gasteiger partial charge on any atom is -0.459 e. The Labute approximate surface area is 115 Å². The van der Waals surface area contributed by atoms with Gasteiger partial charge in [-0.3, -0.25) is 9.59 Å². The number of rotatable bonds is 4. The van der Waals surface area contributed by atoms with Gasteiger partial charge in [-0.2, -0.15) is 0 Å². The molecule has 0 heterocycles. The first-order valence-electron chi connectivity index (χ1n) is 6.54.